The van der Waals surface area contributed by atoms with Crippen LogP contribution in [0, 0.1) is 11.3 Å². The molecule has 5 aliphatic rings. The number of piperidine rings is 1. The molecule has 3 aromatic rings. The van der Waals surface area contributed by atoms with Gasteiger partial charge in [-0.15, -0.1) is 6.58 Å². The van der Waals surface area contributed by atoms with Crippen LogP contribution in [0.2, 0.25) is 0 Å². The molecule has 0 bridgehead atoms. The third-order valence-electron chi connectivity index (χ3n) is 11.8. The number of aromatic nitrogens is 2. The van der Waals surface area contributed by atoms with E-state index in [-0.39, 0.29) is 0 Å². The molecule has 0 radical (unpaired) electrons. The van der Waals surface area contributed by atoms with E-state index in [1.807, 2.05) is 6.20 Å². The fourth-order valence-corrected chi connectivity index (χ4v) is 9.34. The van der Waals surface area contributed by atoms with Gasteiger partial charge in [-0.1, -0.05) is 50.3 Å². The first-order chi connectivity index (χ1) is 21.5. The van der Waals surface area contributed by atoms with Crippen LogP contribution in [-0.4, -0.2) is 52.0 Å². The molecule has 2 atom stereocenters. The summed E-state index contributed by atoms with van der Waals surface area (Å²) in [7, 11) is 0. The first-order valence-electron chi connectivity index (χ1n) is 17.4. The lowest BCUT2D eigenvalue weighted by Crippen LogP contribution is -2.54. The van der Waals surface area contributed by atoms with E-state index in [0.29, 0.717) is 23.3 Å². The number of rotatable bonds is 6. The molecule has 1 unspecified atom stereocenters. The zero-order valence-corrected chi connectivity index (χ0v) is 26.8. The van der Waals surface area contributed by atoms with Gasteiger partial charge in [0.05, 0.1) is 11.4 Å². The number of hydrogen-bond acceptors (Lipinski definition) is 4. The maximum Gasteiger partial charge on any atom is 0.137 e. The molecule has 1 saturated carbocycles. The number of fused-ring (bicyclic) bond motifs is 2. The third-order valence-corrected chi connectivity index (χ3v) is 11.8. The average Bonchev–Trinajstić information content (AvgIpc) is 3.71. The fraction of sp³-hybridized carbons (Fsp3) is 0.513. The molecule has 3 fully saturated rings. The van der Waals surface area contributed by atoms with Gasteiger partial charge in [-0.3, -0.25) is 4.90 Å². The highest BCUT2D eigenvalue weighted by atomic mass is 15.2. The minimum atomic E-state index is 0.351. The van der Waals surface area contributed by atoms with E-state index in [4.69, 9.17) is 4.98 Å². The van der Waals surface area contributed by atoms with Gasteiger partial charge < -0.3 is 14.8 Å². The van der Waals surface area contributed by atoms with Crippen LogP contribution in [0.3, 0.4) is 0 Å². The van der Waals surface area contributed by atoms with Crippen LogP contribution in [0.5, 0.6) is 0 Å². The monoisotopic (exact) mass is 587 g/mol. The SMILES string of the molecule is C=CC1CC=C(N2CCC3(CC2)CC(N2CCC[C@H]2c2ccccc2C(C)C)C3)C=C1N1CCCc2nc3[nH]ccc3cc21. The van der Waals surface area contributed by atoms with Crippen LogP contribution in [0.1, 0.15) is 94.0 Å². The summed E-state index contributed by atoms with van der Waals surface area (Å²) in [6.45, 7) is 13.6. The zero-order valence-electron chi connectivity index (χ0n) is 26.8. The molecule has 3 aliphatic heterocycles. The highest BCUT2D eigenvalue weighted by molar-refractivity contribution is 5.81. The van der Waals surface area contributed by atoms with Gasteiger partial charge in [-0.25, -0.2) is 4.98 Å². The number of allylic oxidation sites excluding steroid dienone is 3. The summed E-state index contributed by atoms with van der Waals surface area (Å²) >= 11 is 0. The third kappa shape index (κ3) is 4.83. The summed E-state index contributed by atoms with van der Waals surface area (Å²) in [5.41, 5.74) is 10.1. The van der Waals surface area contributed by atoms with E-state index in [1.54, 1.807) is 11.1 Å². The second-order valence-corrected chi connectivity index (χ2v) is 14.6. The molecule has 1 N–H and O–H groups in total. The van der Waals surface area contributed by atoms with Crippen molar-refractivity contribution in [3.8, 4) is 0 Å². The summed E-state index contributed by atoms with van der Waals surface area (Å²) in [6, 6.07) is 15.1. The predicted octanol–water partition coefficient (Wildman–Crippen LogP) is 8.49. The van der Waals surface area contributed by atoms with Gasteiger partial charge in [0.25, 0.3) is 0 Å². The molecule has 2 aromatic heterocycles. The normalized spacial score (nSPS) is 25.7. The molecule has 0 amide bonds. The lowest BCUT2D eigenvalue weighted by atomic mass is 9.59. The number of likely N-dealkylation sites (tertiary alicyclic amines) is 2. The minimum Gasteiger partial charge on any atom is -0.372 e. The van der Waals surface area contributed by atoms with Crippen LogP contribution in [0.15, 0.2) is 78.8 Å². The number of nitrogens with zero attached hydrogens (tertiary/aromatic N) is 4. The van der Waals surface area contributed by atoms with Gasteiger partial charge in [0.15, 0.2) is 0 Å². The highest BCUT2D eigenvalue weighted by Gasteiger charge is 2.50. The largest absolute Gasteiger partial charge is 0.372 e. The number of nitrogens with one attached hydrogen (secondary N) is 1. The standard InChI is InChI=1S/C39H49N5/c1-4-28-13-14-30(24-36(28)44-20-7-11-34-37(44)23-29-15-18-40-38(29)41-34)42-21-16-39(17-22-42)25-31(26-39)43-19-8-12-35(43)33-10-6-5-9-32(33)27(2)3/h4-6,9-10,14-15,18,23-24,27-28,31,35H,1,7-8,11-13,16-17,19-22,25-26H2,2-3H3,(H,40,41)/t28?,35-/m0/s1. The summed E-state index contributed by atoms with van der Waals surface area (Å²) in [4.78, 5) is 16.5. The second-order valence-electron chi connectivity index (χ2n) is 14.6. The molecule has 44 heavy (non-hydrogen) atoms. The Morgan fingerprint density at radius 3 is 2.70 bits per heavy atom. The molecular weight excluding hydrogens is 538 g/mol. The van der Waals surface area contributed by atoms with Crippen LogP contribution < -0.4 is 4.90 Å². The van der Waals surface area contributed by atoms with Crippen molar-refractivity contribution in [2.75, 3.05) is 31.1 Å². The van der Waals surface area contributed by atoms with Crippen molar-refractivity contribution in [2.45, 2.75) is 89.6 Å². The van der Waals surface area contributed by atoms with Crippen LogP contribution in [0.25, 0.3) is 11.0 Å². The van der Waals surface area contributed by atoms with Gasteiger partial charge in [-0.05, 0) is 105 Å². The van der Waals surface area contributed by atoms with Gasteiger partial charge in [0, 0.05) is 60.6 Å². The highest BCUT2D eigenvalue weighted by Crippen LogP contribution is 2.54. The van der Waals surface area contributed by atoms with Crippen molar-refractivity contribution in [3.05, 3.63) is 95.6 Å². The lowest BCUT2D eigenvalue weighted by molar-refractivity contribution is -0.0421. The molecule has 1 spiro atoms. The van der Waals surface area contributed by atoms with Gasteiger partial charge in [-0.2, -0.15) is 0 Å². The van der Waals surface area contributed by atoms with Crippen molar-refractivity contribution < 1.29 is 0 Å². The predicted molar refractivity (Wildman–Crippen MR) is 182 cm³/mol. The van der Waals surface area contributed by atoms with E-state index in [9.17, 15) is 0 Å². The molecule has 2 aliphatic carbocycles. The maximum absolute atomic E-state index is 5.00. The Bertz CT molecular complexity index is 1590. The van der Waals surface area contributed by atoms with E-state index in [1.165, 1.54) is 86.3 Å². The molecule has 230 valence electrons. The Balaban J connectivity index is 0.950. The molecule has 5 heteroatoms. The summed E-state index contributed by atoms with van der Waals surface area (Å²) in [5.74, 6) is 0.942. The van der Waals surface area contributed by atoms with Gasteiger partial charge in [0.1, 0.15) is 5.65 Å². The first-order valence-corrected chi connectivity index (χ1v) is 17.4. The van der Waals surface area contributed by atoms with E-state index >= 15 is 0 Å². The smallest absolute Gasteiger partial charge is 0.137 e. The summed E-state index contributed by atoms with van der Waals surface area (Å²) in [5, 5.41) is 1.20. The molecular formula is C39H49N5. The molecule has 8 rings (SSSR count). The molecule has 1 aromatic carbocycles. The Labute approximate surface area is 263 Å². The summed E-state index contributed by atoms with van der Waals surface area (Å²) in [6.07, 6.45) is 20.5. The first kappa shape index (κ1) is 28.2. The second kappa shape index (κ2) is 11.2. The van der Waals surface area contributed by atoms with Crippen LogP contribution in [0.4, 0.5) is 5.69 Å². The Morgan fingerprint density at radius 1 is 1.05 bits per heavy atom. The van der Waals surface area contributed by atoms with Crippen molar-refractivity contribution in [1.82, 2.24) is 19.8 Å². The van der Waals surface area contributed by atoms with Crippen molar-refractivity contribution >= 4 is 16.7 Å². The topological polar surface area (TPSA) is 38.4 Å². The van der Waals surface area contributed by atoms with Crippen LogP contribution in [-0.2, 0) is 6.42 Å². The number of anilines is 1. The maximum atomic E-state index is 5.00. The fourth-order valence-electron chi connectivity index (χ4n) is 9.34. The van der Waals surface area contributed by atoms with Gasteiger partial charge in [0.2, 0.25) is 0 Å². The number of pyridine rings is 1. The van der Waals surface area contributed by atoms with Crippen LogP contribution >= 0.6 is 0 Å². The molecule has 5 nitrogen and oxygen atoms in total. The van der Waals surface area contributed by atoms with Crippen molar-refractivity contribution in [3.63, 3.8) is 0 Å². The number of H-pyrrole nitrogens is 1. The quantitative estimate of drug-likeness (QED) is 0.294. The molecule has 5 heterocycles. The lowest BCUT2D eigenvalue weighted by Gasteiger charge is -2.56. The Kier molecular flexibility index (Phi) is 7.20. The number of benzene rings is 1. The Hall–Kier alpha value is -3.31. The number of hydrogen-bond donors (Lipinski definition) is 1. The summed E-state index contributed by atoms with van der Waals surface area (Å²) < 4.78 is 0. The number of aryl methyl sites for hydroxylation is 1. The average molecular weight is 588 g/mol. The van der Waals surface area contributed by atoms with E-state index < -0.39 is 0 Å². The molecule has 2 saturated heterocycles. The van der Waals surface area contributed by atoms with E-state index in [2.05, 4.69) is 94.7 Å². The minimum absolute atomic E-state index is 0.351. The Morgan fingerprint density at radius 2 is 1.89 bits per heavy atom. The zero-order chi connectivity index (χ0) is 29.8. The van der Waals surface area contributed by atoms with Gasteiger partial charge >= 0.3 is 0 Å². The van der Waals surface area contributed by atoms with Crippen molar-refractivity contribution in [2.24, 2.45) is 11.3 Å². The van der Waals surface area contributed by atoms with Crippen molar-refractivity contribution in [1.29, 1.82) is 0 Å². The van der Waals surface area contributed by atoms with E-state index in [0.717, 1.165) is 37.5 Å². The number of aromatic amines is 1.